The van der Waals surface area contributed by atoms with Gasteiger partial charge in [0.05, 0.1) is 6.61 Å². The predicted octanol–water partition coefficient (Wildman–Crippen LogP) is -1.67. The number of rotatable bonds is 10. The molecule has 11 heteroatoms. The third-order valence-corrected chi connectivity index (χ3v) is 4.86. The Morgan fingerprint density at radius 2 is 1.79 bits per heavy atom. The zero-order chi connectivity index (χ0) is 21.4. The molecule has 0 radical (unpaired) electrons. The van der Waals surface area contributed by atoms with E-state index < -0.39 is 54.5 Å². The number of aliphatic carboxylic acids is 1. The number of aliphatic hydroxyl groups is 1. The molecule has 6 N–H and O–H groups in total. The highest BCUT2D eigenvalue weighted by Crippen LogP contribution is 2.19. The number of amides is 3. The van der Waals surface area contributed by atoms with E-state index in [1.807, 2.05) is 13.8 Å². The van der Waals surface area contributed by atoms with E-state index in [1.165, 1.54) is 4.90 Å². The molecule has 1 saturated heterocycles. The SMILES string of the molecule is CC(C)CC(NC(=O)C(N)CO)C(=O)NC(CS)C(=O)N1CCCC1C(=O)O. The van der Waals surface area contributed by atoms with Gasteiger partial charge in [0.2, 0.25) is 17.7 Å². The van der Waals surface area contributed by atoms with Crippen molar-refractivity contribution in [2.75, 3.05) is 18.9 Å². The molecule has 1 aliphatic heterocycles. The molecule has 0 spiro atoms. The van der Waals surface area contributed by atoms with Crippen LogP contribution in [0.2, 0.25) is 0 Å². The highest BCUT2D eigenvalue weighted by molar-refractivity contribution is 7.80. The number of hydrogen-bond donors (Lipinski definition) is 6. The Kier molecular flexibility index (Phi) is 9.70. The van der Waals surface area contributed by atoms with E-state index in [-0.39, 0.29) is 11.7 Å². The van der Waals surface area contributed by atoms with Crippen molar-refractivity contribution >= 4 is 36.3 Å². The topological polar surface area (TPSA) is 162 Å². The summed E-state index contributed by atoms with van der Waals surface area (Å²) in [5, 5.41) is 23.3. The number of carboxylic acids is 1. The van der Waals surface area contributed by atoms with Crippen LogP contribution >= 0.6 is 12.6 Å². The van der Waals surface area contributed by atoms with Gasteiger partial charge in [-0.25, -0.2) is 4.79 Å². The number of thiol groups is 1. The van der Waals surface area contributed by atoms with Crippen LogP contribution in [-0.2, 0) is 19.2 Å². The molecule has 0 aliphatic carbocycles. The molecule has 28 heavy (non-hydrogen) atoms. The molecular formula is C17H30N4O6S. The summed E-state index contributed by atoms with van der Waals surface area (Å²) in [6, 6.07) is -4.05. The van der Waals surface area contributed by atoms with E-state index in [0.29, 0.717) is 25.8 Å². The second kappa shape index (κ2) is 11.2. The normalized spacial score (nSPS) is 19.8. The van der Waals surface area contributed by atoms with Crippen molar-refractivity contribution in [1.29, 1.82) is 0 Å². The molecule has 1 aliphatic rings. The summed E-state index contributed by atoms with van der Waals surface area (Å²) in [7, 11) is 0. The van der Waals surface area contributed by atoms with Crippen molar-refractivity contribution in [3.63, 3.8) is 0 Å². The van der Waals surface area contributed by atoms with Gasteiger partial charge >= 0.3 is 5.97 Å². The van der Waals surface area contributed by atoms with Crippen LogP contribution in [0, 0.1) is 5.92 Å². The average Bonchev–Trinajstić information content (AvgIpc) is 3.13. The lowest BCUT2D eigenvalue weighted by Crippen LogP contribution is -2.58. The van der Waals surface area contributed by atoms with Gasteiger partial charge in [0, 0.05) is 12.3 Å². The minimum Gasteiger partial charge on any atom is -0.480 e. The van der Waals surface area contributed by atoms with Crippen LogP contribution in [0.1, 0.15) is 33.1 Å². The maximum Gasteiger partial charge on any atom is 0.326 e. The van der Waals surface area contributed by atoms with Gasteiger partial charge in [-0.05, 0) is 25.2 Å². The molecule has 4 unspecified atom stereocenters. The quantitative estimate of drug-likeness (QED) is 0.231. The molecule has 0 aromatic carbocycles. The summed E-state index contributed by atoms with van der Waals surface area (Å²) in [5.74, 6) is -2.84. The third kappa shape index (κ3) is 6.64. The first-order valence-electron chi connectivity index (χ1n) is 9.23. The maximum atomic E-state index is 12.7. The number of likely N-dealkylation sites (tertiary alicyclic amines) is 1. The molecule has 4 atom stereocenters. The largest absolute Gasteiger partial charge is 0.480 e. The van der Waals surface area contributed by atoms with E-state index >= 15 is 0 Å². The molecular weight excluding hydrogens is 388 g/mol. The first-order valence-corrected chi connectivity index (χ1v) is 9.86. The Bertz CT molecular complexity index is 588. The van der Waals surface area contributed by atoms with Gasteiger partial charge < -0.3 is 31.5 Å². The lowest BCUT2D eigenvalue weighted by molar-refractivity contribution is -0.149. The molecule has 0 aromatic heterocycles. The standard InChI is InChI=1S/C17H30N4O6S/c1-9(2)6-11(19-14(23)10(18)7-22)15(24)20-12(8-28)16(25)21-5-3-4-13(21)17(26)27/h9-13,22,28H,3-8,18H2,1-2H3,(H,19,23)(H,20,24)(H,26,27). The van der Waals surface area contributed by atoms with Gasteiger partial charge in [0.15, 0.2) is 0 Å². The zero-order valence-electron chi connectivity index (χ0n) is 16.1. The summed E-state index contributed by atoms with van der Waals surface area (Å²) >= 11 is 4.11. The summed E-state index contributed by atoms with van der Waals surface area (Å²) < 4.78 is 0. The average molecular weight is 419 g/mol. The Balaban J connectivity index is 2.85. The summed E-state index contributed by atoms with van der Waals surface area (Å²) in [5.41, 5.74) is 5.48. The number of carbonyl (C=O) groups is 4. The van der Waals surface area contributed by atoms with Crippen molar-refractivity contribution in [1.82, 2.24) is 15.5 Å². The summed E-state index contributed by atoms with van der Waals surface area (Å²) in [6.07, 6.45) is 1.23. The van der Waals surface area contributed by atoms with E-state index in [1.54, 1.807) is 0 Å². The number of nitrogens with two attached hydrogens (primary N) is 1. The number of aliphatic hydroxyl groups excluding tert-OH is 1. The number of carboxylic acid groups (broad SMARTS) is 1. The van der Waals surface area contributed by atoms with Crippen LogP contribution in [0.3, 0.4) is 0 Å². The second-order valence-corrected chi connectivity index (χ2v) is 7.62. The Morgan fingerprint density at radius 1 is 1.18 bits per heavy atom. The van der Waals surface area contributed by atoms with E-state index in [9.17, 15) is 24.3 Å². The minimum atomic E-state index is -1.16. The first kappa shape index (κ1) is 24.2. The Hall–Kier alpha value is -1.85. The van der Waals surface area contributed by atoms with Crippen molar-refractivity contribution in [2.45, 2.75) is 57.3 Å². The van der Waals surface area contributed by atoms with Crippen LogP contribution in [0.15, 0.2) is 0 Å². The van der Waals surface area contributed by atoms with Crippen LogP contribution < -0.4 is 16.4 Å². The van der Waals surface area contributed by atoms with Gasteiger partial charge in [0.25, 0.3) is 0 Å². The molecule has 1 fully saturated rings. The number of carbonyl (C=O) groups excluding carboxylic acids is 3. The molecule has 0 bridgehead atoms. The van der Waals surface area contributed by atoms with Crippen molar-refractivity contribution in [2.24, 2.45) is 11.7 Å². The van der Waals surface area contributed by atoms with Gasteiger partial charge in [-0.15, -0.1) is 0 Å². The van der Waals surface area contributed by atoms with Crippen LogP contribution in [0.5, 0.6) is 0 Å². The van der Waals surface area contributed by atoms with E-state index in [4.69, 9.17) is 10.8 Å². The lowest BCUT2D eigenvalue weighted by Gasteiger charge is -2.28. The fraction of sp³-hybridized carbons (Fsp3) is 0.765. The van der Waals surface area contributed by atoms with Crippen molar-refractivity contribution in [3.8, 4) is 0 Å². The monoisotopic (exact) mass is 418 g/mol. The highest BCUT2D eigenvalue weighted by atomic mass is 32.1. The van der Waals surface area contributed by atoms with E-state index in [0.717, 1.165) is 0 Å². The Morgan fingerprint density at radius 3 is 2.29 bits per heavy atom. The third-order valence-electron chi connectivity index (χ3n) is 4.49. The van der Waals surface area contributed by atoms with Gasteiger partial charge in [-0.2, -0.15) is 12.6 Å². The molecule has 10 nitrogen and oxygen atoms in total. The van der Waals surface area contributed by atoms with E-state index in [2.05, 4.69) is 23.3 Å². The van der Waals surface area contributed by atoms with Crippen LogP contribution in [0.25, 0.3) is 0 Å². The highest BCUT2D eigenvalue weighted by Gasteiger charge is 2.38. The minimum absolute atomic E-state index is 0.0219. The molecule has 1 heterocycles. The van der Waals surface area contributed by atoms with Gasteiger partial charge in [0.1, 0.15) is 24.2 Å². The number of nitrogens with zero attached hydrogens (tertiary/aromatic N) is 1. The zero-order valence-corrected chi connectivity index (χ0v) is 17.0. The Labute approximate surface area is 169 Å². The number of hydrogen-bond acceptors (Lipinski definition) is 7. The second-order valence-electron chi connectivity index (χ2n) is 7.25. The predicted molar refractivity (Wildman–Crippen MR) is 105 cm³/mol. The smallest absolute Gasteiger partial charge is 0.326 e. The fourth-order valence-electron chi connectivity index (χ4n) is 3.01. The van der Waals surface area contributed by atoms with Gasteiger partial charge in [-0.1, -0.05) is 13.8 Å². The molecule has 1 rings (SSSR count). The molecule has 3 amide bonds. The van der Waals surface area contributed by atoms with Crippen LogP contribution in [-0.4, -0.2) is 81.9 Å². The van der Waals surface area contributed by atoms with Crippen LogP contribution in [0.4, 0.5) is 0 Å². The molecule has 0 aromatic rings. The first-order chi connectivity index (χ1) is 13.1. The number of nitrogens with one attached hydrogen (secondary N) is 2. The lowest BCUT2D eigenvalue weighted by atomic mass is 10.0. The summed E-state index contributed by atoms with van der Waals surface area (Å²) in [6.45, 7) is 3.46. The summed E-state index contributed by atoms with van der Waals surface area (Å²) in [4.78, 5) is 49.9. The van der Waals surface area contributed by atoms with Crippen molar-refractivity contribution in [3.05, 3.63) is 0 Å². The van der Waals surface area contributed by atoms with Crippen molar-refractivity contribution < 1.29 is 29.4 Å². The molecule has 0 saturated carbocycles. The fourth-order valence-corrected chi connectivity index (χ4v) is 3.26. The van der Waals surface area contributed by atoms with Gasteiger partial charge in [-0.3, -0.25) is 14.4 Å². The molecule has 160 valence electrons. The maximum absolute atomic E-state index is 12.7.